The summed E-state index contributed by atoms with van der Waals surface area (Å²) >= 11 is 0. The molecule has 0 N–H and O–H groups in total. The molecule has 0 heterocycles. The largest absolute Gasteiger partial charge is 0.462 e. The van der Waals surface area contributed by atoms with Crippen molar-refractivity contribution in [3.05, 3.63) is 85.1 Å². The molecule has 1 atom stereocenters. The van der Waals surface area contributed by atoms with E-state index in [0.29, 0.717) is 19.3 Å². The van der Waals surface area contributed by atoms with Crippen LogP contribution in [0.2, 0.25) is 0 Å². The zero-order valence-electron chi connectivity index (χ0n) is 45.3. The second-order valence-electron chi connectivity index (χ2n) is 19.2. The summed E-state index contributed by atoms with van der Waals surface area (Å²) in [4.78, 5) is 38.2. The minimum absolute atomic E-state index is 0.0881. The molecule has 69 heavy (non-hydrogen) atoms. The number of carbonyl (C=O) groups excluding carboxylic acids is 3. The van der Waals surface area contributed by atoms with Gasteiger partial charge in [-0.3, -0.25) is 14.4 Å². The summed E-state index contributed by atoms with van der Waals surface area (Å²) in [6.45, 7) is 6.48. The average molecular weight is 962 g/mol. The van der Waals surface area contributed by atoms with Crippen LogP contribution in [0.4, 0.5) is 0 Å². The lowest BCUT2D eigenvalue weighted by Gasteiger charge is -2.18. The van der Waals surface area contributed by atoms with Crippen molar-refractivity contribution >= 4 is 17.9 Å². The van der Waals surface area contributed by atoms with Crippen molar-refractivity contribution in [2.24, 2.45) is 0 Å². The second-order valence-corrected chi connectivity index (χ2v) is 19.2. The van der Waals surface area contributed by atoms with Gasteiger partial charge in [0.15, 0.2) is 6.10 Å². The lowest BCUT2D eigenvalue weighted by molar-refractivity contribution is -0.167. The van der Waals surface area contributed by atoms with Gasteiger partial charge in [-0.2, -0.15) is 0 Å². The first-order valence-corrected chi connectivity index (χ1v) is 29.1. The Kier molecular flexibility index (Phi) is 54.3. The molecule has 0 aromatic rings. The molecular formula is C63H108O6. The number of carbonyl (C=O) groups is 3. The first-order chi connectivity index (χ1) is 34.0. The molecule has 0 aliphatic rings. The van der Waals surface area contributed by atoms with Gasteiger partial charge in [-0.05, 0) is 116 Å². The van der Waals surface area contributed by atoms with E-state index in [0.717, 1.165) is 103 Å². The number of esters is 3. The molecule has 0 fully saturated rings. The van der Waals surface area contributed by atoms with Crippen LogP contribution in [0.1, 0.15) is 278 Å². The Morgan fingerprint density at radius 2 is 0.565 bits per heavy atom. The molecule has 6 nitrogen and oxygen atoms in total. The molecular weight excluding hydrogens is 853 g/mol. The van der Waals surface area contributed by atoms with Crippen molar-refractivity contribution in [1.82, 2.24) is 0 Å². The summed E-state index contributed by atoms with van der Waals surface area (Å²) in [6, 6.07) is 0. The monoisotopic (exact) mass is 961 g/mol. The van der Waals surface area contributed by atoms with Crippen molar-refractivity contribution in [3.63, 3.8) is 0 Å². The van der Waals surface area contributed by atoms with Gasteiger partial charge < -0.3 is 14.2 Å². The van der Waals surface area contributed by atoms with Crippen LogP contribution < -0.4 is 0 Å². The van der Waals surface area contributed by atoms with Crippen LogP contribution in [0.15, 0.2) is 85.1 Å². The Hall–Kier alpha value is -3.41. The van der Waals surface area contributed by atoms with E-state index in [1.54, 1.807) is 0 Å². The quantitative estimate of drug-likeness (QED) is 0.0262. The molecule has 0 unspecified atom stereocenters. The normalized spacial score (nSPS) is 12.7. The Balaban J connectivity index is 4.42. The van der Waals surface area contributed by atoms with E-state index in [9.17, 15) is 14.4 Å². The predicted octanol–water partition coefficient (Wildman–Crippen LogP) is 19.5. The fourth-order valence-electron chi connectivity index (χ4n) is 7.99. The number of rotatable bonds is 52. The molecule has 0 saturated carbocycles. The lowest BCUT2D eigenvalue weighted by atomic mass is 10.1. The highest BCUT2D eigenvalue weighted by Gasteiger charge is 2.19. The number of hydrogen-bond acceptors (Lipinski definition) is 6. The average Bonchev–Trinajstić information content (AvgIpc) is 3.35. The molecule has 0 bridgehead atoms. The molecule has 0 aliphatic carbocycles. The van der Waals surface area contributed by atoms with Crippen molar-refractivity contribution < 1.29 is 28.6 Å². The smallest absolute Gasteiger partial charge is 0.306 e. The van der Waals surface area contributed by atoms with Gasteiger partial charge in [0.1, 0.15) is 13.2 Å². The summed E-state index contributed by atoms with van der Waals surface area (Å²) in [6.07, 6.45) is 74.2. The summed E-state index contributed by atoms with van der Waals surface area (Å²) in [5, 5.41) is 0. The van der Waals surface area contributed by atoms with E-state index < -0.39 is 6.10 Å². The third kappa shape index (κ3) is 55.4. The SMILES string of the molecule is CC/C=C\C/C=C\C/C=C\C/C=C\CCCCCCC(=O)OC[C@H](COC(=O)CCCCCCCCCCC/C=C\C/C=C\CCCCC)OC(=O)CCCCCCCCC/C=C\CCCCCC. The second kappa shape index (κ2) is 57.2. The number of allylic oxidation sites excluding steroid dienone is 14. The van der Waals surface area contributed by atoms with Gasteiger partial charge in [-0.25, -0.2) is 0 Å². The van der Waals surface area contributed by atoms with E-state index in [-0.39, 0.29) is 31.1 Å². The highest BCUT2D eigenvalue weighted by Crippen LogP contribution is 2.15. The number of unbranched alkanes of at least 4 members (excludes halogenated alkanes) is 27. The van der Waals surface area contributed by atoms with Gasteiger partial charge >= 0.3 is 17.9 Å². The topological polar surface area (TPSA) is 78.9 Å². The first kappa shape index (κ1) is 65.6. The molecule has 0 saturated heterocycles. The molecule has 0 rings (SSSR count). The first-order valence-electron chi connectivity index (χ1n) is 29.1. The third-order valence-corrected chi connectivity index (χ3v) is 12.4. The number of ether oxygens (including phenoxy) is 3. The van der Waals surface area contributed by atoms with E-state index >= 15 is 0 Å². The van der Waals surface area contributed by atoms with Crippen LogP contribution in [0.3, 0.4) is 0 Å². The van der Waals surface area contributed by atoms with Crippen LogP contribution in [0.25, 0.3) is 0 Å². The molecule has 396 valence electrons. The minimum atomic E-state index is -0.792. The van der Waals surface area contributed by atoms with Gasteiger partial charge in [-0.1, -0.05) is 228 Å². The van der Waals surface area contributed by atoms with Crippen LogP contribution in [0.5, 0.6) is 0 Å². The molecule has 6 heteroatoms. The fraction of sp³-hybridized carbons (Fsp3) is 0.730. The van der Waals surface area contributed by atoms with Crippen molar-refractivity contribution in [2.75, 3.05) is 13.2 Å². The summed E-state index contributed by atoms with van der Waals surface area (Å²) in [7, 11) is 0. The molecule has 0 aromatic carbocycles. The van der Waals surface area contributed by atoms with E-state index in [1.165, 1.54) is 135 Å². The van der Waals surface area contributed by atoms with Gasteiger partial charge in [-0.15, -0.1) is 0 Å². The Morgan fingerprint density at radius 3 is 0.928 bits per heavy atom. The minimum Gasteiger partial charge on any atom is -0.462 e. The Morgan fingerprint density at radius 1 is 0.304 bits per heavy atom. The van der Waals surface area contributed by atoms with Crippen LogP contribution in [-0.2, 0) is 28.6 Å². The zero-order valence-corrected chi connectivity index (χ0v) is 45.3. The van der Waals surface area contributed by atoms with Gasteiger partial charge in [0.2, 0.25) is 0 Å². The van der Waals surface area contributed by atoms with Crippen molar-refractivity contribution in [2.45, 2.75) is 284 Å². The zero-order chi connectivity index (χ0) is 50.0. The van der Waals surface area contributed by atoms with E-state index in [4.69, 9.17) is 14.2 Å². The molecule has 0 spiro atoms. The van der Waals surface area contributed by atoms with Gasteiger partial charge in [0, 0.05) is 19.3 Å². The molecule has 0 aromatic heterocycles. The van der Waals surface area contributed by atoms with Crippen LogP contribution in [0, 0.1) is 0 Å². The molecule has 0 aliphatic heterocycles. The van der Waals surface area contributed by atoms with Gasteiger partial charge in [0.25, 0.3) is 0 Å². The van der Waals surface area contributed by atoms with Crippen molar-refractivity contribution in [1.29, 1.82) is 0 Å². The molecule has 0 amide bonds. The maximum Gasteiger partial charge on any atom is 0.306 e. The summed E-state index contributed by atoms with van der Waals surface area (Å²) in [5.74, 6) is -0.915. The van der Waals surface area contributed by atoms with Crippen LogP contribution >= 0.6 is 0 Å². The Labute approximate surface area is 426 Å². The summed E-state index contributed by atoms with van der Waals surface area (Å²) in [5.41, 5.74) is 0. The van der Waals surface area contributed by atoms with E-state index in [2.05, 4.69) is 106 Å². The maximum atomic E-state index is 12.9. The molecule has 0 radical (unpaired) electrons. The number of hydrogen-bond donors (Lipinski definition) is 0. The van der Waals surface area contributed by atoms with Gasteiger partial charge in [0.05, 0.1) is 0 Å². The lowest BCUT2D eigenvalue weighted by Crippen LogP contribution is -2.30. The maximum absolute atomic E-state index is 12.9. The third-order valence-electron chi connectivity index (χ3n) is 12.4. The Bertz CT molecular complexity index is 1330. The predicted molar refractivity (Wildman–Crippen MR) is 297 cm³/mol. The fourth-order valence-corrected chi connectivity index (χ4v) is 7.99. The van der Waals surface area contributed by atoms with Crippen LogP contribution in [-0.4, -0.2) is 37.2 Å². The van der Waals surface area contributed by atoms with Crippen molar-refractivity contribution in [3.8, 4) is 0 Å². The highest BCUT2D eigenvalue weighted by atomic mass is 16.6. The highest BCUT2D eigenvalue weighted by molar-refractivity contribution is 5.71. The standard InChI is InChI=1S/C63H108O6/c1-4-7-10-13-16-19-22-25-28-30-31-33-36-38-41-44-47-50-53-56-62(65)68-59-60(69-63(66)57-54-51-48-45-42-39-34-27-24-21-18-15-12-9-6-3)58-67-61(64)55-52-49-46-43-40-37-35-32-29-26-23-20-17-14-11-8-5-2/h8,11,16-17,19-21,24-26,28-29,35,37,60H,4-7,9-10,12-15,18,22-23,27,30-34,36,38-59H2,1-3H3/b11-8-,19-16-,20-17-,24-21-,28-25-,29-26-,37-35-/t60-/m1/s1. The summed E-state index contributed by atoms with van der Waals surface area (Å²) < 4.78 is 16.9. The van der Waals surface area contributed by atoms with E-state index in [1.807, 2.05) is 0 Å².